The maximum Gasteiger partial charge on any atom is 0.253 e. The average Bonchev–Trinajstić information content (AvgIpc) is 2.67. The predicted molar refractivity (Wildman–Crippen MR) is 79.7 cm³/mol. The van der Waals surface area contributed by atoms with Gasteiger partial charge in [0.1, 0.15) is 0 Å². The van der Waals surface area contributed by atoms with Gasteiger partial charge in [0.15, 0.2) is 0 Å². The van der Waals surface area contributed by atoms with Crippen molar-refractivity contribution in [1.29, 1.82) is 0 Å². The number of carbonyl (C=O) groups is 1. The van der Waals surface area contributed by atoms with Crippen LogP contribution in [0.1, 0.15) is 54.4 Å². The Balaban J connectivity index is 2.08. The normalized spacial score (nSPS) is 16.7. The molecule has 3 nitrogen and oxygen atoms in total. The van der Waals surface area contributed by atoms with E-state index in [2.05, 4.69) is 10.6 Å². The standard InChI is InChI=1S/C16H24N2O/c1-12-9-10-15(17-2)14(11-12)16(19)18-13-7-5-3-4-6-8-13/h9-11,13,17H,3-8H2,1-2H3,(H,18,19). The molecular weight excluding hydrogens is 236 g/mol. The molecule has 2 rings (SSSR count). The summed E-state index contributed by atoms with van der Waals surface area (Å²) < 4.78 is 0. The van der Waals surface area contributed by atoms with E-state index in [4.69, 9.17) is 0 Å². The second kappa shape index (κ2) is 6.60. The van der Waals surface area contributed by atoms with E-state index < -0.39 is 0 Å². The van der Waals surface area contributed by atoms with Gasteiger partial charge in [-0.05, 0) is 31.9 Å². The van der Waals surface area contributed by atoms with Gasteiger partial charge in [-0.15, -0.1) is 0 Å². The van der Waals surface area contributed by atoms with E-state index in [0.29, 0.717) is 6.04 Å². The van der Waals surface area contributed by atoms with E-state index in [0.717, 1.165) is 29.7 Å². The molecule has 1 amide bonds. The molecule has 1 aromatic rings. The third kappa shape index (κ3) is 3.72. The average molecular weight is 260 g/mol. The van der Waals surface area contributed by atoms with Gasteiger partial charge in [0.25, 0.3) is 5.91 Å². The van der Waals surface area contributed by atoms with E-state index in [9.17, 15) is 4.79 Å². The molecule has 1 aromatic carbocycles. The minimum Gasteiger partial charge on any atom is -0.387 e. The van der Waals surface area contributed by atoms with Crippen LogP contribution in [0, 0.1) is 6.92 Å². The molecule has 2 N–H and O–H groups in total. The van der Waals surface area contributed by atoms with E-state index in [1.807, 2.05) is 32.2 Å². The van der Waals surface area contributed by atoms with Crippen LogP contribution in [0.15, 0.2) is 18.2 Å². The molecule has 0 aromatic heterocycles. The van der Waals surface area contributed by atoms with Crippen LogP contribution in [0.2, 0.25) is 0 Å². The molecule has 0 radical (unpaired) electrons. The Hall–Kier alpha value is -1.51. The van der Waals surface area contributed by atoms with Gasteiger partial charge in [0, 0.05) is 18.8 Å². The van der Waals surface area contributed by atoms with Crippen LogP contribution in [-0.4, -0.2) is 19.0 Å². The van der Waals surface area contributed by atoms with Crippen molar-refractivity contribution in [3.8, 4) is 0 Å². The zero-order valence-electron chi connectivity index (χ0n) is 12.0. The zero-order valence-corrected chi connectivity index (χ0v) is 12.0. The molecular formula is C16H24N2O. The van der Waals surface area contributed by atoms with Crippen molar-refractivity contribution in [2.24, 2.45) is 0 Å². The summed E-state index contributed by atoms with van der Waals surface area (Å²) in [5, 5.41) is 6.29. The summed E-state index contributed by atoms with van der Waals surface area (Å²) in [7, 11) is 1.85. The lowest BCUT2D eigenvalue weighted by atomic mass is 10.1. The highest BCUT2D eigenvalue weighted by Crippen LogP contribution is 2.20. The largest absolute Gasteiger partial charge is 0.387 e. The number of nitrogens with one attached hydrogen (secondary N) is 2. The lowest BCUT2D eigenvalue weighted by Gasteiger charge is -2.18. The first-order valence-corrected chi connectivity index (χ1v) is 7.30. The highest BCUT2D eigenvalue weighted by molar-refractivity contribution is 5.99. The van der Waals surface area contributed by atoms with Crippen molar-refractivity contribution in [3.63, 3.8) is 0 Å². The number of carbonyl (C=O) groups excluding carboxylic acids is 1. The van der Waals surface area contributed by atoms with Crippen molar-refractivity contribution in [3.05, 3.63) is 29.3 Å². The summed E-state index contributed by atoms with van der Waals surface area (Å²) in [5.74, 6) is 0.0555. The number of aryl methyl sites for hydroxylation is 1. The lowest BCUT2D eigenvalue weighted by Crippen LogP contribution is -2.34. The molecule has 0 aliphatic heterocycles. The number of rotatable bonds is 3. The first-order valence-electron chi connectivity index (χ1n) is 7.30. The topological polar surface area (TPSA) is 41.1 Å². The smallest absolute Gasteiger partial charge is 0.253 e. The summed E-state index contributed by atoms with van der Waals surface area (Å²) in [6, 6.07) is 6.30. The van der Waals surface area contributed by atoms with Crippen molar-refractivity contribution in [2.75, 3.05) is 12.4 Å². The van der Waals surface area contributed by atoms with Gasteiger partial charge in [-0.25, -0.2) is 0 Å². The number of amides is 1. The third-order valence-electron chi connectivity index (χ3n) is 3.88. The second-order valence-electron chi connectivity index (χ2n) is 5.46. The highest BCUT2D eigenvalue weighted by atomic mass is 16.1. The minimum atomic E-state index is 0.0555. The zero-order chi connectivity index (χ0) is 13.7. The maximum absolute atomic E-state index is 12.4. The SMILES string of the molecule is CNc1ccc(C)cc1C(=O)NC1CCCCCC1. The molecule has 0 atom stereocenters. The molecule has 0 saturated heterocycles. The summed E-state index contributed by atoms with van der Waals surface area (Å²) in [6.45, 7) is 2.02. The quantitative estimate of drug-likeness (QED) is 0.817. The monoisotopic (exact) mass is 260 g/mol. The summed E-state index contributed by atoms with van der Waals surface area (Å²) in [5.41, 5.74) is 2.77. The van der Waals surface area contributed by atoms with Gasteiger partial charge in [-0.1, -0.05) is 37.3 Å². The first kappa shape index (κ1) is 13.9. The van der Waals surface area contributed by atoms with Gasteiger partial charge in [0.05, 0.1) is 5.56 Å². The van der Waals surface area contributed by atoms with Crippen LogP contribution in [0.25, 0.3) is 0 Å². The Morgan fingerprint density at radius 3 is 2.47 bits per heavy atom. The van der Waals surface area contributed by atoms with Gasteiger partial charge in [0.2, 0.25) is 0 Å². The van der Waals surface area contributed by atoms with Crippen LogP contribution in [0.3, 0.4) is 0 Å². The van der Waals surface area contributed by atoms with Crippen molar-refractivity contribution >= 4 is 11.6 Å². The Morgan fingerprint density at radius 2 is 1.84 bits per heavy atom. The van der Waals surface area contributed by atoms with Crippen molar-refractivity contribution in [1.82, 2.24) is 5.32 Å². The van der Waals surface area contributed by atoms with Crippen LogP contribution in [-0.2, 0) is 0 Å². The number of anilines is 1. The van der Waals surface area contributed by atoms with E-state index in [-0.39, 0.29) is 5.91 Å². The Bertz CT molecular complexity index is 434. The number of hydrogen-bond acceptors (Lipinski definition) is 2. The molecule has 104 valence electrons. The van der Waals surface area contributed by atoms with E-state index in [1.54, 1.807) is 0 Å². The molecule has 1 aliphatic rings. The van der Waals surface area contributed by atoms with Crippen LogP contribution < -0.4 is 10.6 Å². The molecule has 0 spiro atoms. The molecule has 1 saturated carbocycles. The molecule has 0 bridgehead atoms. The third-order valence-corrected chi connectivity index (χ3v) is 3.88. The second-order valence-corrected chi connectivity index (χ2v) is 5.46. The molecule has 0 unspecified atom stereocenters. The maximum atomic E-state index is 12.4. The fourth-order valence-electron chi connectivity index (χ4n) is 2.75. The number of benzene rings is 1. The Kier molecular flexibility index (Phi) is 4.83. The van der Waals surface area contributed by atoms with Crippen molar-refractivity contribution in [2.45, 2.75) is 51.5 Å². The van der Waals surface area contributed by atoms with Crippen LogP contribution in [0.5, 0.6) is 0 Å². The van der Waals surface area contributed by atoms with E-state index >= 15 is 0 Å². The van der Waals surface area contributed by atoms with Gasteiger partial charge in [-0.2, -0.15) is 0 Å². The van der Waals surface area contributed by atoms with Gasteiger partial charge in [-0.3, -0.25) is 4.79 Å². The summed E-state index contributed by atoms with van der Waals surface area (Å²) in [6.07, 6.45) is 7.31. The van der Waals surface area contributed by atoms with Crippen LogP contribution >= 0.6 is 0 Å². The summed E-state index contributed by atoms with van der Waals surface area (Å²) >= 11 is 0. The molecule has 0 heterocycles. The molecule has 19 heavy (non-hydrogen) atoms. The summed E-state index contributed by atoms with van der Waals surface area (Å²) in [4.78, 5) is 12.4. The fraction of sp³-hybridized carbons (Fsp3) is 0.562. The first-order chi connectivity index (χ1) is 9.20. The van der Waals surface area contributed by atoms with E-state index in [1.165, 1.54) is 25.7 Å². The van der Waals surface area contributed by atoms with Crippen molar-refractivity contribution < 1.29 is 4.79 Å². The molecule has 1 fully saturated rings. The minimum absolute atomic E-state index is 0.0555. The highest BCUT2D eigenvalue weighted by Gasteiger charge is 2.17. The molecule has 3 heteroatoms. The predicted octanol–water partition coefficient (Wildman–Crippen LogP) is 3.49. The van der Waals surface area contributed by atoms with Crippen LogP contribution in [0.4, 0.5) is 5.69 Å². The fourth-order valence-corrected chi connectivity index (χ4v) is 2.75. The van der Waals surface area contributed by atoms with Gasteiger partial charge < -0.3 is 10.6 Å². The number of hydrogen-bond donors (Lipinski definition) is 2. The Labute approximate surface area is 115 Å². The molecule has 1 aliphatic carbocycles. The Morgan fingerprint density at radius 1 is 1.16 bits per heavy atom. The van der Waals surface area contributed by atoms with Gasteiger partial charge >= 0.3 is 0 Å². The lowest BCUT2D eigenvalue weighted by molar-refractivity contribution is 0.0934.